The van der Waals surface area contributed by atoms with Crippen molar-refractivity contribution in [1.82, 2.24) is 34.8 Å². The molecule has 1 aliphatic rings. The highest BCUT2D eigenvalue weighted by Crippen LogP contribution is 2.31. The normalized spacial score (nSPS) is 16.3. The largest absolute Gasteiger partial charge is 0.408 e. The Hall–Kier alpha value is -3.67. The second-order valence-electron chi connectivity index (χ2n) is 8.88. The maximum atomic E-state index is 12.8. The van der Waals surface area contributed by atoms with E-state index >= 15 is 0 Å². The Balaban J connectivity index is 1.45. The minimum Gasteiger partial charge on any atom is -0.380 e. The van der Waals surface area contributed by atoms with Gasteiger partial charge in [-0.15, -0.1) is 0 Å². The van der Waals surface area contributed by atoms with E-state index in [0.717, 1.165) is 40.9 Å². The number of hydrogen-bond acceptors (Lipinski definition) is 7. The molecule has 0 amide bonds. The molecule has 0 radical (unpaired) electrons. The van der Waals surface area contributed by atoms with E-state index in [1.807, 2.05) is 36.7 Å². The number of pyridine rings is 2. The maximum Gasteiger partial charge on any atom is 0.408 e. The van der Waals surface area contributed by atoms with Crippen molar-refractivity contribution in [2.75, 3.05) is 23.7 Å². The number of alkyl halides is 3. The zero-order valence-corrected chi connectivity index (χ0v) is 19.3. The van der Waals surface area contributed by atoms with Crippen molar-refractivity contribution in [3.8, 4) is 11.3 Å². The Bertz CT molecular complexity index is 1320. The van der Waals surface area contributed by atoms with Crippen LogP contribution < -0.4 is 16.0 Å². The Morgan fingerprint density at radius 1 is 1.17 bits per heavy atom. The molecule has 5 rings (SSSR count). The zero-order chi connectivity index (χ0) is 24.6. The second-order valence-corrected chi connectivity index (χ2v) is 8.88. The number of anilines is 3. The van der Waals surface area contributed by atoms with E-state index in [4.69, 9.17) is 4.98 Å². The fourth-order valence-electron chi connectivity index (χ4n) is 4.12. The molecule has 0 aliphatic carbocycles. The molecule has 1 fully saturated rings. The fraction of sp³-hybridized carbons (Fsp3) is 0.391. The minimum atomic E-state index is -4.34. The van der Waals surface area contributed by atoms with Crippen molar-refractivity contribution >= 4 is 28.4 Å². The monoisotopic (exact) mass is 485 g/mol. The molecule has 0 aromatic carbocycles. The Labute approximate surface area is 199 Å². The van der Waals surface area contributed by atoms with Crippen molar-refractivity contribution in [2.45, 2.75) is 45.1 Å². The standard InChI is InChI=1S/C23H26F3N9/c1-14(2)35-22-15(10-29-35)3-4-20(32-22)31-21-9-19(30-16-5-7-27-11-16)17(12-28-21)18-6-8-34(33-18)13-23(24,25)26/h3-4,6,8-10,12,14,16,27H,5,7,11,13H2,1-2H3,(H2,28,30,31,32)/t16-/m0/s1. The topological polar surface area (TPSA) is 97.5 Å². The molecule has 3 N–H and O–H groups in total. The van der Waals surface area contributed by atoms with Crippen LogP contribution in [0.5, 0.6) is 0 Å². The first-order valence-electron chi connectivity index (χ1n) is 11.4. The van der Waals surface area contributed by atoms with Gasteiger partial charge in [0.15, 0.2) is 5.65 Å². The van der Waals surface area contributed by atoms with Crippen molar-refractivity contribution in [1.29, 1.82) is 0 Å². The highest BCUT2D eigenvalue weighted by Gasteiger charge is 2.28. The van der Waals surface area contributed by atoms with Gasteiger partial charge in [0, 0.05) is 53.7 Å². The molecule has 12 heteroatoms. The first-order chi connectivity index (χ1) is 16.7. The van der Waals surface area contributed by atoms with Gasteiger partial charge in [0.25, 0.3) is 0 Å². The first kappa shape index (κ1) is 23.1. The van der Waals surface area contributed by atoms with Crippen LogP contribution in [-0.2, 0) is 6.54 Å². The lowest BCUT2D eigenvalue weighted by Gasteiger charge is -2.17. The number of hydrogen-bond donors (Lipinski definition) is 3. The van der Waals surface area contributed by atoms with Crippen LogP contribution in [0.1, 0.15) is 26.3 Å². The van der Waals surface area contributed by atoms with E-state index in [9.17, 15) is 13.2 Å². The Morgan fingerprint density at radius 2 is 2.03 bits per heavy atom. The molecule has 0 bridgehead atoms. The van der Waals surface area contributed by atoms with Crippen LogP contribution in [0.2, 0.25) is 0 Å². The molecule has 0 spiro atoms. The van der Waals surface area contributed by atoms with Crippen LogP contribution >= 0.6 is 0 Å². The van der Waals surface area contributed by atoms with Gasteiger partial charge >= 0.3 is 6.18 Å². The van der Waals surface area contributed by atoms with Gasteiger partial charge in [-0.1, -0.05) is 0 Å². The van der Waals surface area contributed by atoms with E-state index in [-0.39, 0.29) is 12.1 Å². The fourth-order valence-corrected chi connectivity index (χ4v) is 4.12. The molecule has 1 saturated heterocycles. The van der Waals surface area contributed by atoms with Crippen molar-refractivity contribution in [3.63, 3.8) is 0 Å². The summed E-state index contributed by atoms with van der Waals surface area (Å²) in [6, 6.07) is 7.56. The third kappa shape index (κ3) is 5.21. The quantitative estimate of drug-likeness (QED) is 0.358. The molecule has 35 heavy (non-hydrogen) atoms. The van der Waals surface area contributed by atoms with Gasteiger partial charge in [0.1, 0.15) is 18.2 Å². The molecule has 5 heterocycles. The summed E-state index contributed by atoms with van der Waals surface area (Å²) >= 11 is 0. The molecule has 1 aliphatic heterocycles. The molecule has 4 aromatic rings. The summed E-state index contributed by atoms with van der Waals surface area (Å²) in [4.78, 5) is 9.19. The highest BCUT2D eigenvalue weighted by atomic mass is 19.4. The molecule has 0 unspecified atom stereocenters. The van der Waals surface area contributed by atoms with Crippen LogP contribution in [0.4, 0.5) is 30.5 Å². The van der Waals surface area contributed by atoms with E-state index in [1.54, 1.807) is 18.5 Å². The molecule has 0 saturated carbocycles. The van der Waals surface area contributed by atoms with E-state index in [2.05, 4.69) is 31.1 Å². The third-order valence-electron chi connectivity index (χ3n) is 5.77. The van der Waals surface area contributed by atoms with Crippen LogP contribution in [0.3, 0.4) is 0 Å². The molecular weight excluding hydrogens is 459 g/mol. The molecule has 184 valence electrons. The summed E-state index contributed by atoms with van der Waals surface area (Å²) in [6.07, 6.45) is 1.32. The summed E-state index contributed by atoms with van der Waals surface area (Å²) in [5, 5.41) is 19.5. The van der Waals surface area contributed by atoms with Gasteiger partial charge in [-0.25, -0.2) is 14.6 Å². The SMILES string of the molecule is CC(C)n1ncc2ccc(Nc3cc(N[C@H]4CCNC4)c(-c4ccn(CC(F)(F)F)n4)cn3)nc21. The van der Waals surface area contributed by atoms with E-state index in [1.165, 1.54) is 6.20 Å². The van der Waals surface area contributed by atoms with Crippen LogP contribution in [0.15, 0.2) is 42.9 Å². The minimum absolute atomic E-state index is 0.167. The number of rotatable bonds is 7. The van der Waals surface area contributed by atoms with Gasteiger partial charge in [-0.05, 0) is 45.0 Å². The molecular formula is C23H26F3N9. The van der Waals surface area contributed by atoms with Crippen LogP contribution in [0, 0.1) is 0 Å². The van der Waals surface area contributed by atoms with Crippen LogP contribution in [-0.4, -0.2) is 54.8 Å². The second kappa shape index (κ2) is 9.17. The average molecular weight is 486 g/mol. The third-order valence-corrected chi connectivity index (χ3v) is 5.77. The smallest absolute Gasteiger partial charge is 0.380 e. The lowest BCUT2D eigenvalue weighted by molar-refractivity contribution is -0.142. The lowest BCUT2D eigenvalue weighted by Crippen LogP contribution is -2.22. The highest BCUT2D eigenvalue weighted by molar-refractivity contribution is 5.80. The first-order valence-corrected chi connectivity index (χ1v) is 11.4. The molecule has 4 aromatic heterocycles. The Kier molecular flexibility index (Phi) is 6.05. The summed E-state index contributed by atoms with van der Waals surface area (Å²) in [7, 11) is 0. The van der Waals surface area contributed by atoms with Crippen molar-refractivity contribution in [2.24, 2.45) is 0 Å². The maximum absolute atomic E-state index is 12.8. The average Bonchev–Trinajstić information content (AvgIpc) is 3.54. The zero-order valence-electron chi connectivity index (χ0n) is 19.3. The number of fused-ring (bicyclic) bond motifs is 1. The van der Waals surface area contributed by atoms with Gasteiger partial charge in [0.05, 0.1) is 11.9 Å². The number of halogens is 3. The number of aromatic nitrogens is 6. The molecule has 9 nitrogen and oxygen atoms in total. The number of nitrogens with one attached hydrogen (secondary N) is 3. The van der Waals surface area contributed by atoms with E-state index < -0.39 is 12.7 Å². The van der Waals surface area contributed by atoms with Gasteiger partial charge in [-0.2, -0.15) is 23.4 Å². The summed E-state index contributed by atoms with van der Waals surface area (Å²) < 4.78 is 41.1. The van der Waals surface area contributed by atoms with E-state index in [0.29, 0.717) is 22.9 Å². The lowest BCUT2D eigenvalue weighted by atomic mass is 10.1. The van der Waals surface area contributed by atoms with Crippen LogP contribution in [0.25, 0.3) is 22.3 Å². The predicted molar refractivity (Wildman–Crippen MR) is 128 cm³/mol. The Morgan fingerprint density at radius 3 is 2.77 bits per heavy atom. The van der Waals surface area contributed by atoms with Crippen molar-refractivity contribution < 1.29 is 13.2 Å². The van der Waals surface area contributed by atoms with Gasteiger partial charge in [0.2, 0.25) is 0 Å². The van der Waals surface area contributed by atoms with Gasteiger partial charge < -0.3 is 16.0 Å². The van der Waals surface area contributed by atoms with Gasteiger partial charge in [-0.3, -0.25) is 4.68 Å². The molecule has 1 atom stereocenters. The summed E-state index contributed by atoms with van der Waals surface area (Å²) in [5.41, 5.74) is 2.56. The summed E-state index contributed by atoms with van der Waals surface area (Å²) in [5.74, 6) is 1.17. The number of nitrogens with zero attached hydrogens (tertiary/aromatic N) is 6. The predicted octanol–water partition coefficient (Wildman–Crippen LogP) is 4.35. The van der Waals surface area contributed by atoms with Crippen molar-refractivity contribution in [3.05, 3.63) is 42.9 Å². The summed E-state index contributed by atoms with van der Waals surface area (Å²) in [6.45, 7) is 4.64.